The van der Waals surface area contributed by atoms with E-state index in [1.165, 1.54) is 0 Å². The highest BCUT2D eigenvalue weighted by Crippen LogP contribution is 2.32. The van der Waals surface area contributed by atoms with Crippen molar-refractivity contribution in [2.75, 3.05) is 5.32 Å². The number of halogens is 2. The molecule has 1 aromatic heterocycles. The number of carbonyl (C=O) groups excluding carboxylic acids is 1. The molecule has 0 saturated carbocycles. The molecule has 0 aliphatic rings. The summed E-state index contributed by atoms with van der Waals surface area (Å²) in [4.78, 5) is 12.5. The molecule has 122 valence electrons. The average Bonchev–Trinajstić information content (AvgIpc) is 2.83. The van der Waals surface area contributed by atoms with E-state index in [2.05, 4.69) is 42.3 Å². The van der Waals surface area contributed by atoms with Crippen molar-refractivity contribution >= 4 is 43.6 Å². The Morgan fingerprint density at radius 3 is 2.12 bits per heavy atom. The average molecular weight is 449 g/mol. The molecule has 0 fully saturated rings. The van der Waals surface area contributed by atoms with Crippen LogP contribution in [0.3, 0.4) is 0 Å². The van der Waals surface area contributed by atoms with Crippen LogP contribution in [-0.4, -0.2) is 15.7 Å². The number of nitrogens with zero attached hydrogens (tertiary/aromatic N) is 2. The van der Waals surface area contributed by atoms with Crippen molar-refractivity contribution in [3.05, 3.63) is 68.7 Å². The Hall–Kier alpha value is -1.92. The standard InChI is InChI=1S/C18H15Br2N3O/c1-11-16(12-3-7-14(19)8-4-12)17(23(2)22-11)21-18(24)13-5-9-15(20)10-6-13/h3-10H,1-2H3,(H,21,24). The van der Waals surface area contributed by atoms with Crippen LogP contribution in [0.4, 0.5) is 5.82 Å². The third-order valence-electron chi connectivity index (χ3n) is 3.69. The van der Waals surface area contributed by atoms with Gasteiger partial charge in [-0.2, -0.15) is 5.10 Å². The molecule has 1 N–H and O–H groups in total. The van der Waals surface area contributed by atoms with Crippen molar-refractivity contribution < 1.29 is 4.79 Å². The molecule has 0 atom stereocenters. The van der Waals surface area contributed by atoms with Gasteiger partial charge in [-0.3, -0.25) is 9.48 Å². The number of benzene rings is 2. The van der Waals surface area contributed by atoms with Crippen LogP contribution in [0.1, 0.15) is 16.1 Å². The van der Waals surface area contributed by atoms with Gasteiger partial charge in [0.2, 0.25) is 0 Å². The lowest BCUT2D eigenvalue weighted by atomic mass is 10.1. The van der Waals surface area contributed by atoms with E-state index in [9.17, 15) is 4.79 Å². The smallest absolute Gasteiger partial charge is 0.256 e. The monoisotopic (exact) mass is 447 g/mol. The third kappa shape index (κ3) is 3.44. The van der Waals surface area contributed by atoms with Crippen molar-refractivity contribution in [2.24, 2.45) is 7.05 Å². The van der Waals surface area contributed by atoms with Gasteiger partial charge >= 0.3 is 0 Å². The minimum absolute atomic E-state index is 0.163. The van der Waals surface area contributed by atoms with Gasteiger partial charge in [0.1, 0.15) is 5.82 Å². The van der Waals surface area contributed by atoms with E-state index in [4.69, 9.17) is 0 Å². The summed E-state index contributed by atoms with van der Waals surface area (Å²) in [6.45, 7) is 1.94. The number of hydrogen-bond acceptors (Lipinski definition) is 2. The second-order valence-corrected chi connectivity index (χ2v) is 7.23. The summed E-state index contributed by atoms with van der Waals surface area (Å²) in [5, 5.41) is 7.44. The van der Waals surface area contributed by atoms with Gasteiger partial charge in [0.25, 0.3) is 5.91 Å². The van der Waals surface area contributed by atoms with Gasteiger partial charge < -0.3 is 5.32 Å². The zero-order chi connectivity index (χ0) is 17.3. The largest absolute Gasteiger partial charge is 0.306 e. The van der Waals surface area contributed by atoms with E-state index in [-0.39, 0.29) is 5.91 Å². The number of anilines is 1. The maximum Gasteiger partial charge on any atom is 0.256 e. The highest BCUT2D eigenvalue weighted by molar-refractivity contribution is 9.10. The maximum absolute atomic E-state index is 12.5. The van der Waals surface area contributed by atoms with E-state index in [1.54, 1.807) is 16.8 Å². The lowest BCUT2D eigenvalue weighted by molar-refractivity contribution is 0.102. The Kier molecular flexibility index (Phi) is 4.87. The molecule has 0 unspecified atom stereocenters. The fourth-order valence-corrected chi connectivity index (χ4v) is 3.07. The van der Waals surface area contributed by atoms with Crippen molar-refractivity contribution in [3.63, 3.8) is 0 Å². The van der Waals surface area contributed by atoms with E-state index in [1.807, 2.05) is 50.4 Å². The molecule has 2 aromatic carbocycles. The third-order valence-corrected chi connectivity index (χ3v) is 4.75. The fraction of sp³-hybridized carbons (Fsp3) is 0.111. The van der Waals surface area contributed by atoms with E-state index >= 15 is 0 Å². The van der Waals surface area contributed by atoms with Crippen LogP contribution in [0, 0.1) is 6.92 Å². The summed E-state index contributed by atoms with van der Waals surface area (Å²) >= 11 is 6.82. The van der Waals surface area contributed by atoms with Gasteiger partial charge in [-0.25, -0.2) is 0 Å². The van der Waals surface area contributed by atoms with Crippen LogP contribution < -0.4 is 5.32 Å². The molecule has 3 aromatic rings. The SMILES string of the molecule is Cc1nn(C)c(NC(=O)c2ccc(Br)cc2)c1-c1ccc(Br)cc1. The number of aromatic nitrogens is 2. The molecule has 24 heavy (non-hydrogen) atoms. The number of amides is 1. The Labute approximate surface area is 157 Å². The summed E-state index contributed by atoms with van der Waals surface area (Å²) < 4.78 is 3.64. The van der Waals surface area contributed by atoms with Crippen molar-refractivity contribution in [1.82, 2.24) is 9.78 Å². The summed E-state index contributed by atoms with van der Waals surface area (Å²) in [7, 11) is 1.83. The van der Waals surface area contributed by atoms with Crippen LogP contribution in [-0.2, 0) is 7.05 Å². The second-order valence-electron chi connectivity index (χ2n) is 5.40. The number of nitrogens with one attached hydrogen (secondary N) is 1. The molecular formula is C18H15Br2N3O. The van der Waals surface area contributed by atoms with Crippen molar-refractivity contribution in [2.45, 2.75) is 6.92 Å². The fourth-order valence-electron chi connectivity index (χ4n) is 2.54. The Bertz CT molecular complexity index is 884. The Morgan fingerprint density at radius 1 is 1.00 bits per heavy atom. The molecule has 0 radical (unpaired) electrons. The van der Waals surface area contributed by atoms with E-state index in [0.29, 0.717) is 11.4 Å². The van der Waals surface area contributed by atoms with E-state index < -0.39 is 0 Å². The Balaban J connectivity index is 1.97. The van der Waals surface area contributed by atoms with Crippen molar-refractivity contribution in [3.8, 4) is 11.1 Å². The molecule has 4 nitrogen and oxygen atoms in total. The van der Waals surface area contributed by atoms with Crippen LogP contribution >= 0.6 is 31.9 Å². The Morgan fingerprint density at radius 2 is 1.54 bits per heavy atom. The van der Waals surface area contributed by atoms with Gasteiger partial charge in [-0.15, -0.1) is 0 Å². The number of hydrogen-bond donors (Lipinski definition) is 1. The van der Waals surface area contributed by atoms with Gasteiger partial charge in [-0.05, 0) is 48.9 Å². The first kappa shape index (κ1) is 16.9. The molecule has 1 heterocycles. The zero-order valence-electron chi connectivity index (χ0n) is 13.2. The second kappa shape index (κ2) is 6.91. The van der Waals surface area contributed by atoms with Crippen molar-refractivity contribution in [1.29, 1.82) is 0 Å². The summed E-state index contributed by atoms with van der Waals surface area (Å²) in [5.74, 6) is 0.520. The molecule has 0 bridgehead atoms. The molecule has 0 saturated heterocycles. The van der Waals surface area contributed by atoms with Crippen LogP contribution in [0.25, 0.3) is 11.1 Å². The topological polar surface area (TPSA) is 46.9 Å². The van der Waals surface area contributed by atoms with E-state index in [0.717, 1.165) is 25.8 Å². The first-order valence-corrected chi connectivity index (χ1v) is 8.91. The van der Waals surface area contributed by atoms with Crippen LogP contribution in [0.15, 0.2) is 57.5 Å². The lowest BCUT2D eigenvalue weighted by Gasteiger charge is -2.09. The van der Waals surface area contributed by atoms with Crippen LogP contribution in [0.2, 0.25) is 0 Å². The predicted octanol–water partition coefficient (Wildman–Crippen LogP) is 5.17. The number of aryl methyl sites for hydroxylation is 2. The maximum atomic E-state index is 12.5. The predicted molar refractivity (Wildman–Crippen MR) is 103 cm³/mol. The lowest BCUT2D eigenvalue weighted by Crippen LogP contribution is -2.15. The first-order valence-electron chi connectivity index (χ1n) is 7.32. The molecule has 0 aliphatic carbocycles. The first-order chi connectivity index (χ1) is 11.5. The minimum atomic E-state index is -0.163. The number of carbonyl (C=O) groups is 1. The molecule has 0 aliphatic heterocycles. The quantitative estimate of drug-likeness (QED) is 0.600. The van der Waals surface area contributed by atoms with Crippen LogP contribution in [0.5, 0.6) is 0 Å². The normalized spacial score (nSPS) is 10.7. The molecule has 0 spiro atoms. The van der Waals surface area contributed by atoms with Gasteiger partial charge in [0.05, 0.1) is 5.69 Å². The summed E-state index contributed by atoms with van der Waals surface area (Å²) in [5.41, 5.74) is 3.40. The highest BCUT2D eigenvalue weighted by atomic mass is 79.9. The molecule has 1 amide bonds. The molecule has 6 heteroatoms. The highest BCUT2D eigenvalue weighted by Gasteiger charge is 2.18. The van der Waals surface area contributed by atoms with Gasteiger partial charge in [0, 0.05) is 27.1 Å². The van der Waals surface area contributed by atoms with Gasteiger partial charge in [0.15, 0.2) is 0 Å². The summed E-state index contributed by atoms with van der Waals surface area (Å²) in [6.07, 6.45) is 0. The van der Waals surface area contributed by atoms with Gasteiger partial charge in [-0.1, -0.05) is 44.0 Å². The zero-order valence-corrected chi connectivity index (χ0v) is 16.3. The minimum Gasteiger partial charge on any atom is -0.306 e. The molecule has 3 rings (SSSR count). The number of rotatable bonds is 3. The summed E-state index contributed by atoms with van der Waals surface area (Å²) in [6, 6.07) is 15.2. The molecular weight excluding hydrogens is 434 g/mol.